The number of ether oxygens (including phenoxy) is 1. The van der Waals surface area contributed by atoms with Crippen LogP contribution >= 0.6 is 0 Å². The predicted molar refractivity (Wildman–Crippen MR) is 157 cm³/mol. The van der Waals surface area contributed by atoms with Gasteiger partial charge in [-0.3, -0.25) is 4.79 Å². The molecule has 0 radical (unpaired) electrons. The third kappa shape index (κ3) is 6.46. The minimum absolute atomic E-state index is 0.0445. The molecule has 0 bridgehead atoms. The molecule has 4 aliphatic rings. The molecule has 1 unspecified atom stereocenters. The number of amides is 1. The molecule has 41 heavy (non-hydrogen) atoms. The standard InChI is InChI=1S/C34H45F2N3O2/c1-41-30-9-7-26(8-10-30)22-39-20-17-33(32(39)40)15-18-37(19-16-33)23-29-24-38(21-27-11-13-34(35,36)14-12-27)25-31(29)28-5-3-2-4-6-28/h2-10,27,29,31H,11-25H2,1H3/t29-,31?/m0/s1. The third-order valence-corrected chi connectivity index (χ3v) is 10.5. The highest BCUT2D eigenvalue weighted by atomic mass is 19.3. The first-order chi connectivity index (χ1) is 19.8. The lowest BCUT2D eigenvalue weighted by atomic mass is 9.76. The second kappa shape index (κ2) is 12.0. The normalized spacial score (nSPS) is 27.1. The Bertz CT molecular complexity index is 1160. The molecule has 7 heteroatoms. The third-order valence-electron chi connectivity index (χ3n) is 10.5. The van der Waals surface area contributed by atoms with Crippen LogP contribution in [0.5, 0.6) is 5.75 Å². The van der Waals surface area contributed by atoms with Crippen LogP contribution in [0.3, 0.4) is 0 Å². The van der Waals surface area contributed by atoms with Gasteiger partial charge in [0.2, 0.25) is 11.8 Å². The molecule has 3 heterocycles. The van der Waals surface area contributed by atoms with Crippen LogP contribution in [0.25, 0.3) is 0 Å². The highest BCUT2D eigenvalue weighted by Crippen LogP contribution is 2.43. The molecular weight excluding hydrogens is 520 g/mol. The van der Waals surface area contributed by atoms with Gasteiger partial charge in [0, 0.05) is 58.0 Å². The van der Waals surface area contributed by atoms with E-state index in [1.165, 1.54) is 5.56 Å². The Hall–Kier alpha value is -2.51. The largest absolute Gasteiger partial charge is 0.497 e. The van der Waals surface area contributed by atoms with Gasteiger partial charge >= 0.3 is 0 Å². The minimum Gasteiger partial charge on any atom is -0.497 e. The maximum atomic E-state index is 13.7. The first-order valence-corrected chi connectivity index (χ1v) is 15.6. The molecule has 222 valence electrons. The number of halogens is 2. The summed E-state index contributed by atoms with van der Waals surface area (Å²) in [5, 5.41) is 0. The van der Waals surface area contributed by atoms with Gasteiger partial charge in [-0.05, 0) is 80.3 Å². The molecule has 1 spiro atoms. The number of hydrogen-bond acceptors (Lipinski definition) is 4. The second-order valence-electron chi connectivity index (χ2n) is 13.2. The molecule has 2 atom stereocenters. The van der Waals surface area contributed by atoms with E-state index in [4.69, 9.17) is 4.74 Å². The van der Waals surface area contributed by atoms with E-state index >= 15 is 0 Å². The number of benzene rings is 2. The van der Waals surface area contributed by atoms with Gasteiger partial charge in [0.25, 0.3) is 0 Å². The highest BCUT2D eigenvalue weighted by Gasteiger charge is 2.48. The van der Waals surface area contributed by atoms with Crippen LogP contribution in [0.4, 0.5) is 8.78 Å². The maximum Gasteiger partial charge on any atom is 0.248 e. The Morgan fingerprint density at radius 1 is 0.829 bits per heavy atom. The van der Waals surface area contributed by atoms with Gasteiger partial charge in [0.15, 0.2) is 0 Å². The van der Waals surface area contributed by atoms with Gasteiger partial charge in [-0.15, -0.1) is 0 Å². The van der Waals surface area contributed by atoms with E-state index in [-0.39, 0.29) is 18.3 Å². The molecule has 2 aromatic rings. The molecular formula is C34H45F2N3O2. The number of hydrogen-bond donors (Lipinski definition) is 0. The molecule has 4 fully saturated rings. The molecule has 0 N–H and O–H groups in total. The molecule has 1 amide bonds. The Morgan fingerprint density at radius 3 is 2.20 bits per heavy atom. The zero-order valence-corrected chi connectivity index (χ0v) is 24.4. The fraction of sp³-hybridized carbons (Fsp3) is 0.618. The maximum absolute atomic E-state index is 13.7. The van der Waals surface area contributed by atoms with Crippen LogP contribution in [-0.2, 0) is 11.3 Å². The zero-order chi connectivity index (χ0) is 28.5. The Balaban J connectivity index is 1.05. The number of likely N-dealkylation sites (tertiary alicyclic amines) is 3. The Labute approximate surface area is 243 Å². The van der Waals surface area contributed by atoms with E-state index in [1.807, 2.05) is 12.1 Å². The van der Waals surface area contributed by atoms with Crippen molar-refractivity contribution in [1.82, 2.24) is 14.7 Å². The van der Waals surface area contributed by atoms with Crippen LogP contribution in [-0.4, -0.2) is 79.5 Å². The molecule has 5 nitrogen and oxygen atoms in total. The molecule has 0 aromatic heterocycles. The van der Waals surface area contributed by atoms with Crippen LogP contribution < -0.4 is 4.74 Å². The lowest BCUT2D eigenvalue weighted by Gasteiger charge is -2.39. The summed E-state index contributed by atoms with van der Waals surface area (Å²) in [6.07, 6.45) is 4.21. The highest BCUT2D eigenvalue weighted by molar-refractivity contribution is 5.85. The molecule has 6 rings (SSSR count). The Kier molecular flexibility index (Phi) is 8.37. The van der Waals surface area contributed by atoms with Gasteiger partial charge in [-0.25, -0.2) is 8.78 Å². The second-order valence-corrected chi connectivity index (χ2v) is 13.2. The molecule has 1 aliphatic carbocycles. The van der Waals surface area contributed by atoms with Crippen molar-refractivity contribution in [3.63, 3.8) is 0 Å². The van der Waals surface area contributed by atoms with Crippen molar-refractivity contribution in [2.45, 2.75) is 63.3 Å². The van der Waals surface area contributed by atoms with Gasteiger partial charge in [0.05, 0.1) is 12.5 Å². The molecule has 2 aromatic carbocycles. The van der Waals surface area contributed by atoms with Crippen LogP contribution in [0, 0.1) is 17.3 Å². The fourth-order valence-electron chi connectivity index (χ4n) is 7.97. The van der Waals surface area contributed by atoms with Crippen molar-refractivity contribution in [3.05, 3.63) is 65.7 Å². The fourth-order valence-corrected chi connectivity index (χ4v) is 7.97. The summed E-state index contributed by atoms with van der Waals surface area (Å²) in [4.78, 5) is 20.8. The van der Waals surface area contributed by atoms with E-state index in [2.05, 4.69) is 57.2 Å². The van der Waals surface area contributed by atoms with Gasteiger partial charge in [-0.2, -0.15) is 0 Å². The minimum atomic E-state index is -2.46. The van der Waals surface area contributed by atoms with Crippen LogP contribution in [0.2, 0.25) is 0 Å². The molecule has 1 saturated carbocycles. The summed E-state index contributed by atoms with van der Waals surface area (Å²) in [6.45, 7) is 7.47. The van der Waals surface area contributed by atoms with Crippen LogP contribution in [0.15, 0.2) is 54.6 Å². The summed E-state index contributed by atoms with van der Waals surface area (Å²) >= 11 is 0. The number of rotatable bonds is 8. The SMILES string of the molecule is COc1ccc(CN2CCC3(CCN(C[C@H]4CN(CC5CCC(F)(F)CC5)CC4c4ccccc4)CC3)C2=O)cc1. The van der Waals surface area contributed by atoms with E-state index < -0.39 is 5.92 Å². The van der Waals surface area contributed by atoms with Crippen molar-refractivity contribution in [2.24, 2.45) is 17.3 Å². The molecule has 3 aliphatic heterocycles. The first kappa shape index (κ1) is 28.6. The van der Waals surface area contributed by atoms with Gasteiger partial charge < -0.3 is 19.4 Å². The summed E-state index contributed by atoms with van der Waals surface area (Å²) in [5.74, 6) is 0.0703. The topological polar surface area (TPSA) is 36.0 Å². The number of carbonyl (C=O) groups excluding carboxylic acids is 1. The van der Waals surface area contributed by atoms with Crippen molar-refractivity contribution >= 4 is 5.91 Å². The lowest BCUT2D eigenvalue weighted by Crippen LogP contribution is -2.46. The Morgan fingerprint density at radius 2 is 1.51 bits per heavy atom. The number of alkyl halides is 2. The summed E-state index contributed by atoms with van der Waals surface area (Å²) < 4.78 is 32.7. The van der Waals surface area contributed by atoms with Gasteiger partial charge in [0.1, 0.15) is 5.75 Å². The monoisotopic (exact) mass is 565 g/mol. The smallest absolute Gasteiger partial charge is 0.248 e. The van der Waals surface area contributed by atoms with Crippen LogP contribution in [0.1, 0.15) is 62.0 Å². The van der Waals surface area contributed by atoms with Gasteiger partial charge in [-0.1, -0.05) is 42.5 Å². The predicted octanol–water partition coefficient (Wildman–Crippen LogP) is 6.05. The molecule has 3 saturated heterocycles. The van der Waals surface area contributed by atoms with Crippen molar-refractivity contribution < 1.29 is 18.3 Å². The summed E-state index contributed by atoms with van der Waals surface area (Å²) in [6, 6.07) is 18.9. The average molecular weight is 566 g/mol. The first-order valence-electron chi connectivity index (χ1n) is 15.6. The van der Waals surface area contributed by atoms with E-state index in [0.717, 1.165) is 76.4 Å². The average Bonchev–Trinajstić information content (AvgIpc) is 3.52. The summed E-state index contributed by atoms with van der Waals surface area (Å²) in [7, 11) is 1.67. The quantitative estimate of drug-likeness (QED) is 0.391. The van der Waals surface area contributed by atoms with E-state index in [0.29, 0.717) is 43.0 Å². The lowest BCUT2D eigenvalue weighted by molar-refractivity contribution is -0.139. The number of piperidine rings is 1. The zero-order valence-electron chi connectivity index (χ0n) is 24.4. The van der Waals surface area contributed by atoms with Crippen molar-refractivity contribution in [1.29, 1.82) is 0 Å². The number of methoxy groups -OCH3 is 1. The van der Waals surface area contributed by atoms with Crippen molar-refractivity contribution in [3.8, 4) is 5.75 Å². The van der Waals surface area contributed by atoms with Crippen molar-refractivity contribution in [2.75, 3.05) is 52.9 Å². The summed E-state index contributed by atoms with van der Waals surface area (Å²) in [5.41, 5.74) is 2.34. The van der Waals surface area contributed by atoms with E-state index in [1.54, 1.807) is 7.11 Å². The number of carbonyl (C=O) groups is 1. The number of nitrogens with zero attached hydrogens (tertiary/aromatic N) is 3. The van der Waals surface area contributed by atoms with E-state index in [9.17, 15) is 13.6 Å².